The molecule has 2 aromatic heterocycles. The number of hydrogen-bond acceptors (Lipinski definition) is 4. The lowest BCUT2D eigenvalue weighted by molar-refractivity contribution is -0.137. The summed E-state index contributed by atoms with van der Waals surface area (Å²) in [5, 5.41) is 7.30. The zero-order valence-electron chi connectivity index (χ0n) is 10.8. The fraction of sp³-hybridized carbons (Fsp3) is 0.154. The number of benzene rings is 1. The fourth-order valence-corrected chi connectivity index (χ4v) is 2.00. The van der Waals surface area contributed by atoms with Crippen LogP contribution < -0.4 is 4.74 Å². The van der Waals surface area contributed by atoms with Gasteiger partial charge in [0.25, 0.3) is 0 Å². The molecule has 0 saturated carbocycles. The molecule has 0 spiro atoms. The highest BCUT2D eigenvalue weighted by molar-refractivity contribution is 5.78. The number of aromatic nitrogens is 4. The SMILES string of the molecule is COc1ccc(-c2nc3cnncc3[nH]2)c(C(F)(F)F)c1. The molecule has 2 heterocycles. The highest BCUT2D eigenvalue weighted by atomic mass is 19.4. The molecule has 1 aromatic carbocycles. The van der Waals surface area contributed by atoms with Crippen molar-refractivity contribution < 1.29 is 17.9 Å². The molecule has 0 saturated heterocycles. The van der Waals surface area contributed by atoms with E-state index in [2.05, 4.69) is 20.2 Å². The number of imidazole rings is 1. The van der Waals surface area contributed by atoms with Crippen molar-refractivity contribution in [3.05, 3.63) is 36.2 Å². The number of halogens is 3. The second-order valence-electron chi connectivity index (χ2n) is 4.28. The van der Waals surface area contributed by atoms with Crippen LogP contribution in [0, 0.1) is 0 Å². The summed E-state index contributed by atoms with van der Waals surface area (Å²) >= 11 is 0. The van der Waals surface area contributed by atoms with Crippen molar-refractivity contribution in [2.24, 2.45) is 0 Å². The monoisotopic (exact) mass is 294 g/mol. The number of alkyl halides is 3. The molecule has 8 heteroatoms. The molecule has 0 aliphatic rings. The van der Waals surface area contributed by atoms with Gasteiger partial charge in [0.05, 0.1) is 30.6 Å². The summed E-state index contributed by atoms with van der Waals surface area (Å²) in [5.41, 5.74) is 0.0919. The average molecular weight is 294 g/mol. The Bertz CT molecular complexity index is 764. The number of ether oxygens (including phenoxy) is 1. The van der Waals surface area contributed by atoms with Gasteiger partial charge >= 0.3 is 6.18 Å². The molecule has 5 nitrogen and oxygen atoms in total. The van der Waals surface area contributed by atoms with Crippen LogP contribution in [0.3, 0.4) is 0 Å². The van der Waals surface area contributed by atoms with E-state index in [1.807, 2.05) is 0 Å². The van der Waals surface area contributed by atoms with E-state index in [4.69, 9.17) is 4.74 Å². The second kappa shape index (κ2) is 4.72. The predicted molar refractivity (Wildman–Crippen MR) is 68.7 cm³/mol. The van der Waals surface area contributed by atoms with Gasteiger partial charge in [0.1, 0.15) is 17.1 Å². The lowest BCUT2D eigenvalue weighted by Gasteiger charge is -2.12. The molecule has 0 bridgehead atoms. The summed E-state index contributed by atoms with van der Waals surface area (Å²) < 4.78 is 44.4. The Morgan fingerprint density at radius 1 is 1.14 bits per heavy atom. The van der Waals surface area contributed by atoms with Gasteiger partial charge in [-0.2, -0.15) is 23.4 Å². The van der Waals surface area contributed by atoms with E-state index < -0.39 is 11.7 Å². The Kier molecular flexibility index (Phi) is 3.00. The molecule has 0 amide bonds. The van der Waals surface area contributed by atoms with Crippen LogP contribution in [-0.4, -0.2) is 27.3 Å². The highest BCUT2D eigenvalue weighted by Gasteiger charge is 2.35. The standard InChI is InChI=1S/C13H9F3N4O/c1-21-7-2-3-8(9(4-7)13(14,15)16)12-19-10-5-17-18-6-11(10)20-12/h2-6H,1H3,(H,19,20). The Labute approximate surface area is 116 Å². The maximum absolute atomic E-state index is 13.2. The van der Waals surface area contributed by atoms with Crippen LogP contribution in [0.25, 0.3) is 22.4 Å². The summed E-state index contributed by atoms with van der Waals surface area (Å²) in [6.07, 6.45) is -1.73. The van der Waals surface area contributed by atoms with E-state index >= 15 is 0 Å². The minimum Gasteiger partial charge on any atom is -0.497 e. The van der Waals surface area contributed by atoms with Crippen molar-refractivity contribution in [3.8, 4) is 17.1 Å². The van der Waals surface area contributed by atoms with Gasteiger partial charge < -0.3 is 9.72 Å². The average Bonchev–Trinajstić information content (AvgIpc) is 2.89. The van der Waals surface area contributed by atoms with Crippen molar-refractivity contribution in [1.82, 2.24) is 20.2 Å². The van der Waals surface area contributed by atoms with Gasteiger partial charge in [0.2, 0.25) is 0 Å². The zero-order valence-corrected chi connectivity index (χ0v) is 10.8. The Morgan fingerprint density at radius 2 is 1.90 bits per heavy atom. The van der Waals surface area contributed by atoms with E-state index in [-0.39, 0.29) is 17.1 Å². The van der Waals surface area contributed by atoms with Crippen LogP contribution in [0.2, 0.25) is 0 Å². The number of methoxy groups -OCH3 is 1. The zero-order chi connectivity index (χ0) is 15.0. The lowest BCUT2D eigenvalue weighted by atomic mass is 10.1. The molecule has 0 fully saturated rings. The number of nitrogens with zero attached hydrogens (tertiary/aromatic N) is 3. The third-order valence-electron chi connectivity index (χ3n) is 2.98. The summed E-state index contributed by atoms with van der Waals surface area (Å²) in [5.74, 6) is 0.236. The maximum atomic E-state index is 13.2. The third kappa shape index (κ3) is 2.39. The topological polar surface area (TPSA) is 63.7 Å². The number of H-pyrrole nitrogens is 1. The van der Waals surface area contributed by atoms with Crippen molar-refractivity contribution in [1.29, 1.82) is 0 Å². The van der Waals surface area contributed by atoms with Gasteiger partial charge in [0, 0.05) is 5.56 Å². The number of rotatable bonds is 2. The molecule has 1 N–H and O–H groups in total. The molecule has 21 heavy (non-hydrogen) atoms. The Hall–Kier alpha value is -2.64. The molecular weight excluding hydrogens is 285 g/mol. The van der Waals surface area contributed by atoms with Crippen molar-refractivity contribution in [2.45, 2.75) is 6.18 Å². The molecule has 0 aliphatic heterocycles. The molecule has 0 aliphatic carbocycles. The van der Waals surface area contributed by atoms with Crippen molar-refractivity contribution >= 4 is 11.0 Å². The first kappa shape index (κ1) is 13.3. The van der Waals surface area contributed by atoms with Crippen LogP contribution in [0.1, 0.15) is 5.56 Å². The number of fused-ring (bicyclic) bond motifs is 1. The van der Waals surface area contributed by atoms with Crippen LogP contribution in [-0.2, 0) is 6.18 Å². The van der Waals surface area contributed by atoms with Gasteiger partial charge in [-0.25, -0.2) is 4.98 Å². The molecule has 3 aromatic rings. The van der Waals surface area contributed by atoms with Gasteiger partial charge in [0.15, 0.2) is 0 Å². The second-order valence-corrected chi connectivity index (χ2v) is 4.28. The Balaban J connectivity index is 2.21. The number of aromatic amines is 1. The smallest absolute Gasteiger partial charge is 0.417 e. The van der Waals surface area contributed by atoms with E-state index in [0.717, 1.165) is 6.07 Å². The van der Waals surface area contributed by atoms with Crippen LogP contribution >= 0.6 is 0 Å². The third-order valence-corrected chi connectivity index (χ3v) is 2.98. The molecule has 0 unspecified atom stereocenters. The van der Waals surface area contributed by atoms with Crippen molar-refractivity contribution in [2.75, 3.05) is 7.11 Å². The number of hydrogen-bond donors (Lipinski definition) is 1. The minimum absolute atomic E-state index is 0.0560. The largest absolute Gasteiger partial charge is 0.497 e. The maximum Gasteiger partial charge on any atom is 0.417 e. The summed E-state index contributed by atoms with van der Waals surface area (Å²) in [4.78, 5) is 6.92. The van der Waals surface area contributed by atoms with Gasteiger partial charge in [-0.3, -0.25) is 0 Å². The molecular formula is C13H9F3N4O. The molecule has 108 valence electrons. The first-order valence-corrected chi connectivity index (χ1v) is 5.91. The summed E-state index contributed by atoms with van der Waals surface area (Å²) in [6, 6.07) is 3.72. The van der Waals surface area contributed by atoms with E-state index in [9.17, 15) is 13.2 Å². The minimum atomic E-state index is -4.51. The van der Waals surface area contributed by atoms with E-state index in [0.29, 0.717) is 11.0 Å². The van der Waals surface area contributed by atoms with Crippen LogP contribution in [0.4, 0.5) is 13.2 Å². The van der Waals surface area contributed by atoms with Gasteiger partial charge in [-0.05, 0) is 18.2 Å². The summed E-state index contributed by atoms with van der Waals surface area (Å²) in [7, 11) is 1.31. The van der Waals surface area contributed by atoms with E-state index in [1.165, 1.54) is 31.6 Å². The number of nitrogens with one attached hydrogen (secondary N) is 1. The van der Waals surface area contributed by atoms with Crippen LogP contribution in [0.15, 0.2) is 30.6 Å². The highest BCUT2D eigenvalue weighted by Crippen LogP contribution is 2.38. The fourth-order valence-electron chi connectivity index (χ4n) is 2.00. The van der Waals surface area contributed by atoms with Crippen molar-refractivity contribution in [3.63, 3.8) is 0 Å². The molecule has 0 radical (unpaired) electrons. The van der Waals surface area contributed by atoms with E-state index in [1.54, 1.807) is 0 Å². The molecule has 3 rings (SSSR count). The molecule has 0 atom stereocenters. The first-order valence-electron chi connectivity index (χ1n) is 5.91. The van der Waals surface area contributed by atoms with Gasteiger partial charge in [-0.15, -0.1) is 0 Å². The van der Waals surface area contributed by atoms with Gasteiger partial charge in [-0.1, -0.05) is 0 Å². The van der Waals surface area contributed by atoms with Crippen LogP contribution in [0.5, 0.6) is 5.75 Å². The predicted octanol–water partition coefficient (Wildman–Crippen LogP) is 3.05. The normalized spacial score (nSPS) is 11.8. The lowest BCUT2D eigenvalue weighted by Crippen LogP contribution is -2.08. The Morgan fingerprint density at radius 3 is 2.57 bits per heavy atom. The first-order chi connectivity index (χ1) is 9.99. The summed E-state index contributed by atoms with van der Waals surface area (Å²) in [6.45, 7) is 0. The quantitative estimate of drug-likeness (QED) is 0.789.